The van der Waals surface area contributed by atoms with Crippen molar-refractivity contribution in [1.82, 2.24) is 0 Å². The molecule has 0 saturated heterocycles. The molecule has 0 N–H and O–H groups in total. The first kappa shape index (κ1) is 30.5. The Morgan fingerprint density at radius 2 is 1.38 bits per heavy atom. The molecule has 0 saturated carbocycles. The molecule has 0 aliphatic rings. The van der Waals surface area contributed by atoms with Crippen LogP contribution in [0.4, 0.5) is 35.1 Å². The molecule has 0 radical (unpaired) electrons. The average molecular weight is 519 g/mol. The topological polar surface area (TPSA) is 61.8 Å². The van der Waals surface area contributed by atoms with Gasteiger partial charge in [-0.25, -0.2) is 18.4 Å². The van der Waals surface area contributed by atoms with Crippen LogP contribution in [0.1, 0.15) is 13.3 Å². The molecule has 1 atom stereocenters. The normalized spacial score (nSPS) is 15.2. The summed E-state index contributed by atoms with van der Waals surface area (Å²) in [5.41, 5.74) is -0.637. The van der Waals surface area contributed by atoms with Crippen molar-refractivity contribution < 1.29 is 58.3 Å². The molecule has 0 spiro atoms. The minimum absolute atomic E-state index is 0.252. The Morgan fingerprint density at radius 1 is 0.906 bits per heavy atom. The summed E-state index contributed by atoms with van der Waals surface area (Å²) in [4.78, 5) is 23.3. The van der Waals surface area contributed by atoms with E-state index in [-0.39, 0.29) is 6.08 Å². The molecule has 0 heterocycles. The molecule has 0 aromatic heterocycles. The molecule has 0 aliphatic carbocycles. The van der Waals surface area contributed by atoms with E-state index in [9.17, 15) is 44.7 Å². The highest BCUT2D eigenvalue weighted by atomic mass is 28.4. The van der Waals surface area contributed by atoms with Crippen LogP contribution >= 0.6 is 0 Å². The van der Waals surface area contributed by atoms with Crippen molar-refractivity contribution in [2.45, 2.75) is 76.0 Å². The van der Waals surface area contributed by atoms with Crippen LogP contribution in [0.2, 0.25) is 32.7 Å². The highest BCUT2D eigenvalue weighted by Crippen LogP contribution is 2.48. The molecular weight excluding hydrogens is 492 g/mol. The molecule has 188 valence electrons. The minimum Gasteiger partial charge on any atom is -0.460 e. The van der Waals surface area contributed by atoms with Crippen LogP contribution in [0.25, 0.3) is 0 Å². The number of halogens is 8. The Balaban J connectivity index is 5.07. The fraction of sp³-hybridized carbons (Fsp3) is 0.765. The van der Waals surface area contributed by atoms with Gasteiger partial charge in [-0.2, -0.15) is 26.3 Å². The van der Waals surface area contributed by atoms with Gasteiger partial charge in [0.15, 0.2) is 14.9 Å². The van der Waals surface area contributed by atoms with E-state index >= 15 is 0 Å². The Labute approximate surface area is 182 Å². The molecule has 32 heavy (non-hydrogen) atoms. The molecule has 0 bridgehead atoms. The third-order valence-corrected chi connectivity index (χ3v) is 10.5. The second-order valence-electron chi connectivity index (χ2n) is 8.30. The molecule has 0 aromatic rings. The molecule has 15 heteroatoms. The second kappa shape index (κ2) is 10.6. The number of carbonyl (C=O) groups is 2. The van der Waals surface area contributed by atoms with Crippen molar-refractivity contribution in [3.05, 3.63) is 12.2 Å². The van der Waals surface area contributed by atoms with Crippen LogP contribution in [-0.4, -0.2) is 65.1 Å². The summed E-state index contributed by atoms with van der Waals surface area (Å²) in [5.74, 6) is -21.5. The van der Waals surface area contributed by atoms with Gasteiger partial charge in [0, 0.05) is 12.2 Å². The van der Waals surface area contributed by atoms with Gasteiger partial charge in [-0.1, -0.05) is 6.92 Å². The van der Waals surface area contributed by atoms with Crippen LogP contribution in [0.15, 0.2) is 12.2 Å². The Hall–Kier alpha value is -1.49. The van der Waals surface area contributed by atoms with Crippen molar-refractivity contribution in [3.63, 3.8) is 0 Å². The van der Waals surface area contributed by atoms with E-state index in [0.717, 1.165) is 0 Å². The van der Waals surface area contributed by atoms with Crippen LogP contribution < -0.4 is 0 Å². The maximum Gasteiger partial charge on any atom is 0.381 e. The first-order chi connectivity index (χ1) is 14.1. The van der Waals surface area contributed by atoms with Gasteiger partial charge in [0.2, 0.25) is 8.32 Å². The molecule has 0 amide bonds. The van der Waals surface area contributed by atoms with Gasteiger partial charge >= 0.3 is 36.1 Å². The SMILES string of the molecule is CCC(OC(=O)C=CC(=O)OCC(F)(F)C(F)(F)C(F)(F)C(F)F)[Si](C)(C)O[Si](C)(C)C. The van der Waals surface area contributed by atoms with Crippen molar-refractivity contribution >= 4 is 28.6 Å². The van der Waals surface area contributed by atoms with E-state index in [1.54, 1.807) is 6.92 Å². The summed E-state index contributed by atoms with van der Waals surface area (Å²) in [7, 11) is -4.50. The second-order valence-corrected chi connectivity index (χ2v) is 17.2. The van der Waals surface area contributed by atoms with Gasteiger partial charge in [0.1, 0.15) is 5.73 Å². The highest BCUT2D eigenvalue weighted by Gasteiger charge is 2.75. The minimum atomic E-state index is -6.50. The van der Waals surface area contributed by atoms with Crippen molar-refractivity contribution in [3.8, 4) is 0 Å². The van der Waals surface area contributed by atoms with Gasteiger partial charge in [-0.15, -0.1) is 0 Å². The number of alkyl halides is 8. The quantitative estimate of drug-likeness (QED) is 0.154. The number of hydrogen-bond donors (Lipinski definition) is 0. The molecule has 0 rings (SSSR count). The van der Waals surface area contributed by atoms with Gasteiger partial charge < -0.3 is 13.6 Å². The fourth-order valence-electron chi connectivity index (χ4n) is 2.57. The smallest absolute Gasteiger partial charge is 0.381 e. The predicted molar refractivity (Wildman–Crippen MR) is 103 cm³/mol. The largest absolute Gasteiger partial charge is 0.460 e. The first-order valence-corrected chi connectivity index (χ1v) is 15.7. The summed E-state index contributed by atoms with van der Waals surface area (Å²) in [6.07, 6.45) is -4.00. The van der Waals surface area contributed by atoms with Gasteiger partial charge in [-0.3, -0.25) is 0 Å². The van der Waals surface area contributed by atoms with E-state index in [1.165, 1.54) is 0 Å². The summed E-state index contributed by atoms with van der Waals surface area (Å²) >= 11 is 0. The Morgan fingerprint density at radius 3 is 1.78 bits per heavy atom. The lowest BCUT2D eigenvalue weighted by Crippen LogP contribution is -2.59. The summed E-state index contributed by atoms with van der Waals surface area (Å²) in [6.45, 7) is 8.51. The van der Waals surface area contributed by atoms with E-state index in [0.29, 0.717) is 12.5 Å². The standard InChI is InChI=1S/C17H26F8O5Si2/c1-7-13(32(5,6)30-31(2,3)4)29-12(27)9-8-11(26)28-10-15(20,21)17(24,25)16(22,23)14(18)19/h8-9,13-14H,7,10H2,1-6H3. The first-order valence-electron chi connectivity index (χ1n) is 9.28. The molecule has 5 nitrogen and oxygen atoms in total. The molecule has 0 fully saturated rings. The molecular formula is C17H26F8O5Si2. The number of esters is 2. The van der Waals surface area contributed by atoms with Crippen molar-refractivity contribution in [2.75, 3.05) is 6.61 Å². The highest BCUT2D eigenvalue weighted by molar-refractivity contribution is 6.84. The van der Waals surface area contributed by atoms with Crippen molar-refractivity contribution in [1.29, 1.82) is 0 Å². The Bertz CT molecular complexity index is 693. The van der Waals surface area contributed by atoms with Crippen molar-refractivity contribution in [2.24, 2.45) is 0 Å². The molecule has 1 unspecified atom stereocenters. The third-order valence-electron chi connectivity index (χ3n) is 3.88. The monoisotopic (exact) mass is 518 g/mol. The maximum atomic E-state index is 13.3. The zero-order valence-corrected chi connectivity index (χ0v) is 20.3. The number of ether oxygens (including phenoxy) is 2. The summed E-state index contributed by atoms with van der Waals surface area (Å²) in [6, 6.07) is 0. The van der Waals surface area contributed by atoms with E-state index in [2.05, 4.69) is 4.74 Å². The number of hydrogen-bond acceptors (Lipinski definition) is 5. The molecule has 0 aliphatic heterocycles. The predicted octanol–water partition coefficient (Wildman–Crippen LogP) is 5.17. The number of rotatable bonds is 12. The average Bonchev–Trinajstić information content (AvgIpc) is 2.60. The Kier molecular flexibility index (Phi) is 10.1. The van der Waals surface area contributed by atoms with Gasteiger partial charge in [-0.05, 0) is 39.2 Å². The summed E-state index contributed by atoms with van der Waals surface area (Å²) < 4.78 is 118. The fourth-order valence-corrected chi connectivity index (χ4v) is 10.8. The third kappa shape index (κ3) is 8.13. The van der Waals surface area contributed by atoms with E-state index in [4.69, 9.17) is 8.85 Å². The lowest BCUT2D eigenvalue weighted by Gasteiger charge is -2.36. The summed E-state index contributed by atoms with van der Waals surface area (Å²) in [5, 5.41) is 0. The molecule has 0 aromatic carbocycles. The maximum absolute atomic E-state index is 13.3. The van der Waals surface area contributed by atoms with Crippen LogP contribution in [0, 0.1) is 0 Å². The van der Waals surface area contributed by atoms with Crippen LogP contribution in [0.3, 0.4) is 0 Å². The van der Waals surface area contributed by atoms with Crippen LogP contribution in [0.5, 0.6) is 0 Å². The zero-order chi connectivity index (χ0) is 25.8. The van der Waals surface area contributed by atoms with Gasteiger partial charge in [0.05, 0.1) is 0 Å². The lowest BCUT2D eigenvalue weighted by molar-refractivity contribution is -0.344. The van der Waals surface area contributed by atoms with E-state index in [1.807, 2.05) is 32.7 Å². The van der Waals surface area contributed by atoms with E-state index < -0.39 is 65.1 Å². The lowest BCUT2D eigenvalue weighted by atomic mass is 10.1. The van der Waals surface area contributed by atoms with Gasteiger partial charge in [0.25, 0.3) is 0 Å². The number of carbonyl (C=O) groups excluding carboxylic acids is 2. The zero-order valence-electron chi connectivity index (χ0n) is 18.3. The van der Waals surface area contributed by atoms with Crippen LogP contribution in [-0.2, 0) is 23.2 Å².